The van der Waals surface area contributed by atoms with Crippen LogP contribution in [0, 0.1) is 40.5 Å². The summed E-state index contributed by atoms with van der Waals surface area (Å²) in [5.74, 6) is 1.92. The number of hydrogen-bond acceptors (Lipinski definition) is 8. The number of aryl methyl sites for hydroxylation is 4. The fraction of sp³-hybridized carbons (Fsp3) is 0.244. The van der Waals surface area contributed by atoms with Gasteiger partial charge in [-0.25, -0.2) is 9.48 Å². The van der Waals surface area contributed by atoms with E-state index in [1.165, 1.54) is 35.7 Å². The van der Waals surface area contributed by atoms with Gasteiger partial charge in [0.25, 0.3) is 5.78 Å². The summed E-state index contributed by atoms with van der Waals surface area (Å²) in [6.07, 6.45) is 0. The van der Waals surface area contributed by atoms with Crippen molar-refractivity contribution in [3.8, 4) is 16.9 Å². The maximum absolute atomic E-state index is 12.0. The molecule has 0 fully saturated rings. The third-order valence-corrected chi connectivity index (χ3v) is 8.59. The van der Waals surface area contributed by atoms with Crippen molar-refractivity contribution >= 4 is 64.6 Å². The van der Waals surface area contributed by atoms with Gasteiger partial charge in [-0.05, 0) is 108 Å². The first kappa shape index (κ1) is 44.4. The molecule has 0 aliphatic rings. The van der Waals surface area contributed by atoms with E-state index in [0.29, 0.717) is 21.3 Å². The minimum absolute atomic E-state index is 0. The van der Waals surface area contributed by atoms with Crippen molar-refractivity contribution in [1.29, 1.82) is 0 Å². The molecule has 0 radical (unpaired) electrons. The number of nitrogens with one attached hydrogen (secondary N) is 1. The highest BCUT2D eigenvalue weighted by Crippen LogP contribution is 2.31. The highest BCUT2D eigenvalue weighted by Gasteiger charge is 2.29. The number of hydrazine groups is 1. The summed E-state index contributed by atoms with van der Waals surface area (Å²) in [6, 6.07) is 26.1. The number of Topliss-reactive ketones (excluding diaryl/α,β-unsaturated/α-hetero) is 3. The van der Waals surface area contributed by atoms with Crippen LogP contribution in [-0.2, 0) is 14.3 Å². The van der Waals surface area contributed by atoms with E-state index < -0.39 is 23.5 Å². The van der Waals surface area contributed by atoms with Crippen molar-refractivity contribution in [2.24, 2.45) is 11.8 Å². The zero-order chi connectivity index (χ0) is 38.7. The summed E-state index contributed by atoms with van der Waals surface area (Å²) in [7, 11) is 0. The summed E-state index contributed by atoms with van der Waals surface area (Å²) < 4.78 is 6.43. The molecule has 1 unspecified atom stereocenters. The normalized spacial score (nSPS) is 10.7. The lowest BCUT2D eigenvalue weighted by Gasteiger charge is -2.12. The van der Waals surface area contributed by atoms with Crippen LogP contribution in [0.5, 0.6) is 0 Å². The van der Waals surface area contributed by atoms with Gasteiger partial charge in [0.05, 0.1) is 29.6 Å². The van der Waals surface area contributed by atoms with E-state index in [1.807, 2.05) is 61.0 Å². The van der Waals surface area contributed by atoms with Crippen LogP contribution in [0.25, 0.3) is 16.9 Å². The second-order valence-corrected chi connectivity index (χ2v) is 13.1. The number of rotatable bonds is 9. The van der Waals surface area contributed by atoms with Gasteiger partial charge in [0.1, 0.15) is 5.69 Å². The number of hydrogen-bond donors (Lipinski definition) is 2. The van der Waals surface area contributed by atoms with Crippen LogP contribution < -0.4 is 11.3 Å². The molecule has 5 aromatic rings. The van der Waals surface area contributed by atoms with Crippen molar-refractivity contribution in [3.63, 3.8) is 0 Å². The smallest absolute Gasteiger partial charge is 0.375 e. The average molecular weight is 780 g/mol. The molecule has 0 amide bonds. The monoisotopic (exact) mass is 778 g/mol. The molecule has 0 bridgehead atoms. The average Bonchev–Trinajstić information content (AvgIpc) is 3.45. The molecule has 1 atom stereocenters. The van der Waals surface area contributed by atoms with Gasteiger partial charge in [0.15, 0.2) is 11.6 Å². The molecule has 1 heterocycles. The zero-order valence-corrected chi connectivity index (χ0v) is 33.4. The van der Waals surface area contributed by atoms with E-state index in [0.717, 1.165) is 33.8 Å². The third-order valence-electron chi connectivity index (χ3n) is 8.08. The molecule has 12 heteroatoms. The maximum Gasteiger partial charge on any atom is 0.375 e. The van der Waals surface area contributed by atoms with E-state index in [9.17, 15) is 19.2 Å². The number of nitrogens with two attached hydrogens (primary N) is 1. The topological polar surface area (TPSA) is 133 Å². The van der Waals surface area contributed by atoms with Gasteiger partial charge in [0.2, 0.25) is 0 Å². The van der Waals surface area contributed by atoms with Crippen LogP contribution in [0.2, 0.25) is 10.0 Å². The molecular weight excluding hydrogens is 735 g/mol. The second-order valence-electron chi connectivity index (χ2n) is 12.2. The summed E-state index contributed by atoms with van der Waals surface area (Å²) in [5, 5.41) is 5.78. The van der Waals surface area contributed by atoms with Crippen molar-refractivity contribution in [2.75, 3.05) is 12.0 Å². The Kier molecular flexibility index (Phi) is 17.1. The first-order valence-electron chi connectivity index (χ1n) is 16.6. The quantitative estimate of drug-likeness (QED) is 0.0378. The summed E-state index contributed by atoms with van der Waals surface area (Å²) >= 11 is 11.7. The van der Waals surface area contributed by atoms with Crippen molar-refractivity contribution < 1.29 is 23.9 Å². The molecule has 0 saturated carbocycles. The molecule has 53 heavy (non-hydrogen) atoms. The van der Waals surface area contributed by atoms with E-state index in [-0.39, 0.29) is 24.8 Å². The molecule has 0 spiro atoms. The Morgan fingerprint density at radius 3 is 1.83 bits per heavy atom. The number of esters is 1. The van der Waals surface area contributed by atoms with Gasteiger partial charge < -0.3 is 10.2 Å². The molecule has 0 aliphatic carbocycles. The Hall–Kier alpha value is -4.80. The molecule has 4 aromatic carbocycles. The highest BCUT2D eigenvalue weighted by molar-refractivity contribution is 6.39. The molecule has 0 saturated heterocycles. The van der Waals surface area contributed by atoms with E-state index in [2.05, 4.69) is 54.2 Å². The number of nitrogens with zero attached hydrogens (tertiary/aromatic N) is 2. The number of aromatic nitrogens is 2. The Morgan fingerprint density at radius 2 is 1.34 bits per heavy atom. The van der Waals surface area contributed by atoms with Crippen molar-refractivity contribution in [3.05, 3.63) is 134 Å². The van der Waals surface area contributed by atoms with Gasteiger partial charge in [0, 0.05) is 33.7 Å². The Morgan fingerprint density at radius 1 is 0.811 bits per heavy atom. The summed E-state index contributed by atoms with van der Waals surface area (Å²) in [6.45, 7) is 14.8. The fourth-order valence-electron chi connectivity index (χ4n) is 5.33. The first-order valence-corrected chi connectivity index (χ1v) is 17.3. The molecule has 9 nitrogen and oxygen atoms in total. The number of benzene rings is 4. The lowest BCUT2D eigenvalue weighted by molar-refractivity contribution is -0.154. The SMILES string of the molecule is CC(=O)c1nn(-c2ccc(C)cc2C)c(-c2ccc(Cl)cc2)c1C.CCOC(=O)C(=O)C(C)C(=O)c1ccc(Cl)cc1.Cc1ccc(NN)c(C)c1.Cl. The minimum atomic E-state index is -1.05. The second kappa shape index (κ2) is 20.4. The number of carbonyl (C=O) groups excluding carboxylic acids is 4. The lowest BCUT2D eigenvalue weighted by atomic mass is 9.95. The molecule has 0 aliphatic heterocycles. The first-order chi connectivity index (χ1) is 24.6. The maximum atomic E-state index is 12.0. The predicted octanol–water partition coefficient (Wildman–Crippen LogP) is 9.62. The number of carbonyl (C=O) groups is 4. The summed E-state index contributed by atoms with van der Waals surface area (Å²) in [5.41, 5.74) is 13.0. The van der Waals surface area contributed by atoms with Gasteiger partial charge in [-0.3, -0.25) is 20.2 Å². The van der Waals surface area contributed by atoms with E-state index in [4.69, 9.17) is 29.0 Å². The molecule has 3 N–H and O–H groups in total. The largest absolute Gasteiger partial charge is 0.460 e. The highest BCUT2D eigenvalue weighted by atomic mass is 35.5. The Balaban J connectivity index is 0.000000296. The van der Waals surface area contributed by atoms with Crippen LogP contribution in [0.3, 0.4) is 0 Å². The minimum Gasteiger partial charge on any atom is -0.460 e. The molecule has 280 valence electrons. The van der Waals surface area contributed by atoms with Gasteiger partial charge in [-0.1, -0.05) is 70.7 Å². The Labute approximate surface area is 327 Å². The van der Waals surface area contributed by atoms with E-state index in [1.54, 1.807) is 26.0 Å². The molecule has 1 aromatic heterocycles. The van der Waals surface area contributed by atoms with Crippen molar-refractivity contribution in [1.82, 2.24) is 9.78 Å². The van der Waals surface area contributed by atoms with Gasteiger partial charge >= 0.3 is 5.97 Å². The fourth-order valence-corrected chi connectivity index (χ4v) is 5.58. The number of ether oxygens (including phenoxy) is 1. The predicted molar refractivity (Wildman–Crippen MR) is 216 cm³/mol. The van der Waals surface area contributed by atoms with Crippen LogP contribution in [0.15, 0.2) is 84.9 Å². The lowest BCUT2D eigenvalue weighted by Crippen LogP contribution is -2.29. The zero-order valence-electron chi connectivity index (χ0n) is 31.0. The number of ketones is 3. The van der Waals surface area contributed by atoms with Crippen LogP contribution in [0.4, 0.5) is 5.69 Å². The van der Waals surface area contributed by atoms with Crippen LogP contribution in [0.1, 0.15) is 69.4 Å². The number of nitrogen functional groups attached to an aromatic ring is 1. The number of halogens is 3. The van der Waals surface area contributed by atoms with Crippen LogP contribution >= 0.6 is 35.6 Å². The van der Waals surface area contributed by atoms with Gasteiger partial charge in [-0.2, -0.15) is 5.10 Å². The third kappa shape index (κ3) is 11.9. The molecular formula is C41H45Cl3N4O5. The molecule has 5 rings (SSSR count). The Bertz CT molecular complexity index is 2060. The van der Waals surface area contributed by atoms with E-state index >= 15 is 0 Å². The van der Waals surface area contributed by atoms with Crippen LogP contribution in [-0.4, -0.2) is 39.7 Å². The van der Waals surface area contributed by atoms with Gasteiger partial charge in [-0.15, -0.1) is 12.4 Å². The number of anilines is 1. The van der Waals surface area contributed by atoms with Crippen molar-refractivity contribution in [2.45, 2.75) is 55.4 Å². The standard InChI is InChI=1S/C20H19ClN2O.C13H13ClO4.C8H12N2.ClH/c1-12-5-10-18(13(2)11-12)23-20(14(3)19(22-23)15(4)24)16-6-8-17(21)9-7-16;1-3-18-13(17)12(16)8(2)11(15)9-4-6-10(14)7-5-9;1-6-3-4-8(10-9)7(2)5-6;/h5-11H,1-4H3;4-8H,3H2,1-2H3;3-5,10H,9H2,1-2H3;1H. The summed E-state index contributed by atoms with van der Waals surface area (Å²) in [4.78, 5) is 46.7.